The Bertz CT molecular complexity index is 644. The van der Waals surface area contributed by atoms with Gasteiger partial charge in [0.25, 0.3) is 0 Å². The smallest absolute Gasteiger partial charge is 0.242 e. The minimum Gasteiger partial charge on any atom is -0.248 e. The topological polar surface area (TPSA) is 59.1 Å². The molecule has 1 aromatic heterocycles. The van der Waals surface area contributed by atoms with Crippen LogP contribution in [0.3, 0.4) is 0 Å². The van der Waals surface area contributed by atoms with Gasteiger partial charge in [-0.05, 0) is 34.1 Å². The first-order chi connectivity index (χ1) is 8.49. The molecule has 0 amide bonds. The number of halogens is 2. The summed E-state index contributed by atoms with van der Waals surface area (Å²) in [7, 11) is -3.68. The van der Waals surface area contributed by atoms with Crippen LogP contribution in [0.1, 0.15) is 5.01 Å². The molecule has 0 atom stereocenters. The summed E-state index contributed by atoms with van der Waals surface area (Å²) in [5.41, 5.74) is 0. The fraction of sp³-hybridized carbons (Fsp3) is 0.100. The lowest BCUT2D eigenvalue weighted by Gasteiger charge is -2.07. The molecule has 0 aliphatic heterocycles. The molecular weight excluding hydrogens is 343 g/mol. The molecule has 1 aromatic carbocycles. The highest BCUT2D eigenvalue weighted by molar-refractivity contribution is 9.10. The van der Waals surface area contributed by atoms with Gasteiger partial charge in [-0.2, -0.15) is 0 Å². The summed E-state index contributed by atoms with van der Waals surface area (Å²) >= 11 is 4.39. The van der Waals surface area contributed by atoms with Crippen LogP contribution >= 0.6 is 27.3 Å². The van der Waals surface area contributed by atoms with Crippen molar-refractivity contribution in [3.05, 3.63) is 45.1 Å². The van der Waals surface area contributed by atoms with E-state index in [0.717, 1.165) is 12.1 Å². The highest BCUT2D eigenvalue weighted by Gasteiger charge is 2.18. The van der Waals surface area contributed by atoms with Crippen molar-refractivity contribution < 1.29 is 12.8 Å². The zero-order chi connectivity index (χ0) is 13.2. The zero-order valence-electron chi connectivity index (χ0n) is 8.93. The van der Waals surface area contributed by atoms with Crippen molar-refractivity contribution in [3.8, 4) is 0 Å². The monoisotopic (exact) mass is 350 g/mol. The highest BCUT2D eigenvalue weighted by Crippen LogP contribution is 2.22. The Balaban J connectivity index is 2.20. The van der Waals surface area contributed by atoms with Gasteiger partial charge in [-0.1, -0.05) is 0 Å². The van der Waals surface area contributed by atoms with Crippen molar-refractivity contribution in [2.75, 3.05) is 0 Å². The van der Waals surface area contributed by atoms with Crippen LogP contribution in [0, 0.1) is 5.82 Å². The van der Waals surface area contributed by atoms with Gasteiger partial charge in [-0.3, -0.25) is 0 Å². The number of sulfonamides is 1. The molecule has 4 nitrogen and oxygen atoms in total. The van der Waals surface area contributed by atoms with Crippen molar-refractivity contribution >= 4 is 37.3 Å². The molecule has 0 spiro atoms. The summed E-state index contributed by atoms with van der Waals surface area (Å²) < 4.78 is 39.4. The van der Waals surface area contributed by atoms with Crippen molar-refractivity contribution in [3.63, 3.8) is 0 Å². The summed E-state index contributed by atoms with van der Waals surface area (Å²) in [6, 6.07) is 3.42. The van der Waals surface area contributed by atoms with Crippen molar-refractivity contribution in [2.24, 2.45) is 0 Å². The Hall–Kier alpha value is -0.830. The maximum atomic E-state index is 12.9. The van der Waals surface area contributed by atoms with Crippen molar-refractivity contribution in [2.45, 2.75) is 11.4 Å². The van der Waals surface area contributed by atoms with Gasteiger partial charge < -0.3 is 0 Å². The van der Waals surface area contributed by atoms with Crippen LogP contribution in [-0.2, 0) is 16.6 Å². The van der Waals surface area contributed by atoms with Crippen LogP contribution in [-0.4, -0.2) is 13.4 Å². The van der Waals surface area contributed by atoms with E-state index < -0.39 is 15.8 Å². The Morgan fingerprint density at radius 3 is 2.83 bits per heavy atom. The van der Waals surface area contributed by atoms with Gasteiger partial charge in [-0.25, -0.2) is 22.5 Å². The van der Waals surface area contributed by atoms with Crippen LogP contribution in [0.5, 0.6) is 0 Å². The Morgan fingerprint density at radius 2 is 2.22 bits per heavy atom. The van der Waals surface area contributed by atoms with E-state index in [1.165, 1.54) is 17.4 Å². The summed E-state index contributed by atoms with van der Waals surface area (Å²) in [5.74, 6) is -0.499. The van der Waals surface area contributed by atoms with E-state index in [9.17, 15) is 12.8 Å². The van der Waals surface area contributed by atoms with Crippen LogP contribution in [0.4, 0.5) is 4.39 Å². The van der Waals surface area contributed by atoms with Gasteiger partial charge in [0.2, 0.25) is 10.0 Å². The number of nitrogens with one attached hydrogen (secondary N) is 1. The standard InChI is InChI=1S/C10H8BrFN2O2S2/c11-8-5-7(12)1-2-9(8)18(15,16)14-6-10-13-3-4-17-10/h1-5,14H,6H2. The lowest BCUT2D eigenvalue weighted by atomic mass is 10.3. The van der Waals surface area contributed by atoms with Gasteiger partial charge in [0.1, 0.15) is 10.8 Å². The summed E-state index contributed by atoms with van der Waals surface area (Å²) in [6.07, 6.45) is 1.60. The Kier molecular flexibility index (Phi) is 4.10. The van der Waals surface area contributed by atoms with E-state index in [0.29, 0.717) is 5.01 Å². The van der Waals surface area contributed by atoms with Gasteiger partial charge in [0.05, 0.1) is 11.4 Å². The zero-order valence-corrected chi connectivity index (χ0v) is 12.1. The molecular formula is C10H8BrFN2O2S2. The van der Waals surface area contributed by atoms with E-state index >= 15 is 0 Å². The van der Waals surface area contributed by atoms with Gasteiger partial charge in [0, 0.05) is 16.0 Å². The molecule has 1 N–H and O–H groups in total. The second-order valence-electron chi connectivity index (χ2n) is 3.33. The van der Waals surface area contributed by atoms with Crippen LogP contribution in [0.25, 0.3) is 0 Å². The lowest BCUT2D eigenvalue weighted by molar-refractivity contribution is 0.579. The Morgan fingerprint density at radius 1 is 1.44 bits per heavy atom. The summed E-state index contributed by atoms with van der Waals surface area (Å²) in [5, 5.41) is 2.43. The van der Waals surface area contributed by atoms with Crippen molar-refractivity contribution in [1.82, 2.24) is 9.71 Å². The number of hydrogen-bond donors (Lipinski definition) is 1. The first kappa shape index (κ1) is 13.6. The fourth-order valence-electron chi connectivity index (χ4n) is 1.27. The summed E-state index contributed by atoms with van der Waals surface area (Å²) in [4.78, 5) is 3.97. The highest BCUT2D eigenvalue weighted by atomic mass is 79.9. The quantitative estimate of drug-likeness (QED) is 0.921. The minimum atomic E-state index is -3.68. The number of nitrogens with zero attached hydrogens (tertiary/aromatic N) is 1. The maximum Gasteiger partial charge on any atom is 0.242 e. The predicted molar refractivity (Wildman–Crippen MR) is 70.2 cm³/mol. The van der Waals surface area contributed by atoms with Crippen molar-refractivity contribution in [1.29, 1.82) is 0 Å². The number of aromatic nitrogens is 1. The van der Waals surface area contributed by atoms with E-state index in [1.807, 2.05) is 0 Å². The second kappa shape index (κ2) is 5.43. The molecule has 96 valence electrons. The largest absolute Gasteiger partial charge is 0.248 e. The van der Waals surface area contributed by atoms with Gasteiger partial charge >= 0.3 is 0 Å². The molecule has 2 rings (SSSR count). The summed E-state index contributed by atoms with van der Waals surface area (Å²) in [6.45, 7) is 0.115. The Labute approximate surface area is 116 Å². The third-order valence-electron chi connectivity index (χ3n) is 2.08. The fourth-order valence-corrected chi connectivity index (χ4v) is 3.95. The third kappa shape index (κ3) is 3.14. The molecule has 1 heterocycles. The van der Waals surface area contributed by atoms with Gasteiger partial charge in [-0.15, -0.1) is 11.3 Å². The average Bonchev–Trinajstić information content (AvgIpc) is 2.78. The van der Waals surface area contributed by atoms with Crippen LogP contribution in [0.2, 0.25) is 0 Å². The number of benzene rings is 1. The molecule has 0 bridgehead atoms. The third-order valence-corrected chi connectivity index (χ3v) is 5.24. The van der Waals surface area contributed by atoms with E-state index in [2.05, 4.69) is 25.6 Å². The predicted octanol–water partition coefficient (Wildman–Crippen LogP) is 2.52. The first-order valence-electron chi connectivity index (χ1n) is 4.82. The molecule has 0 unspecified atom stereocenters. The molecule has 18 heavy (non-hydrogen) atoms. The molecule has 2 aromatic rings. The SMILES string of the molecule is O=S(=O)(NCc1nccs1)c1ccc(F)cc1Br. The second-order valence-corrected chi connectivity index (χ2v) is 6.89. The van der Waals surface area contributed by atoms with E-state index in [-0.39, 0.29) is 15.9 Å². The minimum absolute atomic E-state index is 0.000422. The maximum absolute atomic E-state index is 12.9. The molecule has 0 aliphatic carbocycles. The van der Waals surface area contributed by atoms with Crippen LogP contribution < -0.4 is 4.72 Å². The molecule has 0 saturated heterocycles. The van der Waals surface area contributed by atoms with Crippen LogP contribution in [0.15, 0.2) is 39.1 Å². The van der Waals surface area contributed by atoms with E-state index in [4.69, 9.17) is 0 Å². The number of rotatable bonds is 4. The number of hydrogen-bond acceptors (Lipinski definition) is 4. The van der Waals surface area contributed by atoms with Gasteiger partial charge in [0.15, 0.2) is 0 Å². The number of thiazole rings is 1. The first-order valence-corrected chi connectivity index (χ1v) is 7.98. The molecule has 0 saturated carbocycles. The lowest BCUT2D eigenvalue weighted by Crippen LogP contribution is -2.23. The molecule has 8 heteroatoms. The average molecular weight is 351 g/mol. The molecule has 0 radical (unpaired) electrons. The normalized spacial score (nSPS) is 11.7. The molecule has 0 fully saturated rings. The molecule has 0 aliphatic rings. The van der Waals surface area contributed by atoms with E-state index in [1.54, 1.807) is 11.6 Å².